The molecule has 9 nitrogen and oxygen atoms in total. The Balaban J connectivity index is 1.85. The molecule has 0 radical (unpaired) electrons. The van der Waals surface area contributed by atoms with E-state index in [2.05, 4.69) is 16.3 Å². The van der Waals surface area contributed by atoms with Crippen molar-refractivity contribution in [1.29, 1.82) is 5.26 Å². The van der Waals surface area contributed by atoms with Gasteiger partial charge in [-0.15, -0.1) is 10.2 Å². The van der Waals surface area contributed by atoms with Crippen LogP contribution in [0.2, 0.25) is 0 Å². The quantitative estimate of drug-likeness (QED) is 0.468. The number of hydrogen-bond acceptors (Lipinski definition) is 8. The molecule has 1 aromatic carbocycles. The van der Waals surface area contributed by atoms with E-state index in [1.165, 1.54) is 6.42 Å². The molecule has 1 aromatic heterocycles. The number of nitriles is 1. The van der Waals surface area contributed by atoms with Crippen LogP contribution in [0.3, 0.4) is 0 Å². The highest BCUT2D eigenvalue weighted by atomic mass is 16.6. The van der Waals surface area contributed by atoms with Gasteiger partial charge in [0.15, 0.2) is 5.75 Å². The van der Waals surface area contributed by atoms with Crippen molar-refractivity contribution in [3.05, 3.63) is 28.1 Å². The van der Waals surface area contributed by atoms with Gasteiger partial charge in [0.2, 0.25) is 17.5 Å². The Hall–Kier alpha value is -3.15. The van der Waals surface area contributed by atoms with Crippen molar-refractivity contribution in [3.63, 3.8) is 0 Å². The zero-order valence-electron chi connectivity index (χ0n) is 14.0. The number of benzene rings is 1. The lowest BCUT2D eigenvalue weighted by atomic mass is 9.83. The van der Waals surface area contributed by atoms with Crippen LogP contribution >= 0.6 is 0 Å². The first kappa shape index (κ1) is 17.7. The molecule has 1 aliphatic carbocycles. The topological polar surface area (TPSA) is 146 Å². The second-order valence-corrected chi connectivity index (χ2v) is 6.49. The molecule has 0 saturated heterocycles. The highest BCUT2D eigenvalue weighted by Gasteiger charge is 2.26. The van der Waals surface area contributed by atoms with Crippen LogP contribution in [0.1, 0.15) is 50.3 Å². The van der Waals surface area contributed by atoms with Crippen LogP contribution in [-0.2, 0) is 0 Å². The number of phenols is 2. The maximum absolute atomic E-state index is 11.0. The van der Waals surface area contributed by atoms with E-state index in [4.69, 9.17) is 4.42 Å². The third kappa shape index (κ3) is 3.59. The average molecular weight is 358 g/mol. The zero-order chi connectivity index (χ0) is 18.7. The van der Waals surface area contributed by atoms with Crippen molar-refractivity contribution in [2.24, 2.45) is 5.92 Å². The Bertz CT molecular complexity index is 851. The van der Waals surface area contributed by atoms with E-state index in [9.17, 15) is 25.6 Å². The van der Waals surface area contributed by atoms with E-state index in [0.29, 0.717) is 12.3 Å². The molecule has 2 aromatic rings. The SMILES string of the molecule is N#CC(CC1CCCCC1)c1nnc(-c2cc(O)c(O)c([N+](=O)[O-])c2)o1. The van der Waals surface area contributed by atoms with Crippen LogP contribution in [0.15, 0.2) is 16.5 Å². The first-order chi connectivity index (χ1) is 12.5. The van der Waals surface area contributed by atoms with Crippen LogP contribution in [0.4, 0.5) is 5.69 Å². The van der Waals surface area contributed by atoms with Crippen molar-refractivity contribution in [2.45, 2.75) is 44.4 Å². The number of hydrogen-bond donors (Lipinski definition) is 2. The Morgan fingerprint density at radius 1 is 1.31 bits per heavy atom. The van der Waals surface area contributed by atoms with Gasteiger partial charge in [-0.3, -0.25) is 10.1 Å². The van der Waals surface area contributed by atoms with Crippen molar-refractivity contribution < 1.29 is 19.6 Å². The van der Waals surface area contributed by atoms with Gasteiger partial charge in [-0.1, -0.05) is 32.1 Å². The van der Waals surface area contributed by atoms with Crippen LogP contribution in [0.5, 0.6) is 11.5 Å². The lowest BCUT2D eigenvalue weighted by molar-refractivity contribution is -0.385. The maximum Gasteiger partial charge on any atom is 0.315 e. The molecule has 2 N–H and O–H groups in total. The summed E-state index contributed by atoms with van der Waals surface area (Å²) in [7, 11) is 0. The highest BCUT2D eigenvalue weighted by Crippen LogP contribution is 2.39. The molecule has 1 fully saturated rings. The van der Waals surface area contributed by atoms with E-state index in [1.54, 1.807) is 0 Å². The van der Waals surface area contributed by atoms with E-state index in [-0.39, 0.29) is 17.3 Å². The predicted molar refractivity (Wildman–Crippen MR) is 89.3 cm³/mol. The number of nitro benzene ring substituents is 1. The fourth-order valence-corrected chi connectivity index (χ4v) is 3.32. The molecule has 136 valence electrons. The molecule has 3 rings (SSSR count). The lowest BCUT2D eigenvalue weighted by Crippen LogP contribution is -2.10. The Morgan fingerprint density at radius 3 is 2.69 bits per heavy atom. The third-order valence-corrected chi connectivity index (χ3v) is 4.70. The third-order valence-electron chi connectivity index (χ3n) is 4.70. The van der Waals surface area contributed by atoms with Gasteiger partial charge in [-0.05, 0) is 18.4 Å². The molecular formula is C17H18N4O5. The normalized spacial score (nSPS) is 16.1. The van der Waals surface area contributed by atoms with Gasteiger partial charge in [0.1, 0.15) is 5.92 Å². The van der Waals surface area contributed by atoms with Crippen LogP contribution in [-0.4, -0.2) is 25.3 Å². The summed E-state index contributed by atoms with van der Waals surface area (Å²) in [6.45, 7) is 0. The second kappa shape index (κ2) is 7.39. The lowest BCUT2D eigenvalue weighted by Gasteiger charge is -2.22. The monoisotopic (exact) mass is 358 g/mol. The summed E-state index contributed by atoms with van der Waals surface area (Å²) in [5.74, 6) is -1.48. The molecule has 0 bridgehead atoms. The number of nitrogens with zero attached hydrogens (tertiary/aromatic N) is 4. The van der Waals surface area contributed by atoms with Gasteiger partial charge in [0, 0.05) is 11.6 Å². The number of phenolic OH excluding ortho intramolecular Hbond substituents is 2. The van der Waals surface area contributed by atoms with Gasteiger partial charge < -0.3 is 14.6 Å². The summed E-state index contributed by atoms with van der Waals surface area (Å²) >= 11 is 0. The maximum atomic E-state index is 11.0. The van der Waals surface area contributed by atoms with Gasteiger partial charge >= 0.3 is 5.69 Å². The first-order valence-corrected chi connectivity index (χ1v) is 8.43. The van der Waals surface area contributed by atoms with E-state index in [0.717, 1.165) is 37.8 Å². The summed E-state index contributed by atoms with van der Waals surface area (Å²) in [4.78, 5) is 10.1. The Labute approximate surface area is 149 Å². The molecule has 26 heavy (non-hydrogen) atoms. The molecule has 1 heterocycles. The smallest absolute Gasteiger partial charge is 0.315 e. The standard InChI is InChI=1S/C17H18N4O5/c18-9-12(6-10-4-2-1-3-5-10)17-20-19-16(26-17)11-7-13(21(24)25)15(23)14(22)8-11/h7-8,10,12,22-23H,1-6H2. The zero-order valence-corrected chi connectivity index (χ0v) is 14.0. The summed E-state index contributed by atoms with van der Waals surface area (Å²) < 4.78 is 5.53. The number of rotatable bonds is 5. The second-order valence-electron chi connectivity index (χ2n) is 6.49. The van der Waals surface area contributed by atoms with Gasteiger partial charge in [-0.25, -0.2) is 0 Å². The Morgan fingerprint density at radius 2 is 2.04 bits per heavy atom. The molecule has 0 amide bonds. The summed E-state index contributed by atoms with van der Waals surface area (Å²) in [5, 5.41) is 47.4. The fourth-order valence-electron chi connectivity index (χ4n) is 3.32. The van der Waals surface area contributed by atoms with Gasteiger partial charge in [0.05, 0.1) is 11.0 Å². The van der Waals surface area contributed by atoms with Crippen molar-refractivity contribution in [3.8, 4) is 29.0 Å². The molecule has 9 heteroatoms. The summed E-state index contributed by atoms with van der Waals surface area (Å²) in [6.07, 6.45) is 6.35. The van der Waals surface area contributed by atoms with Gasteiger partial charge in [-0.2, -0.15) is 5.26 Å². The van der Waals surface area contributed by atoms with Crippen molar-refractivity contribution >= 4 is 5.69 Å². The number of aromatic hydroxyl groups is 2. The molecule has 0 aliphatic heterocycles. The minimum atomic E-state index is -0.828. The first-order valence-electron chi connectivity index (χ1n) is 8.43. The Kier molecular flexibility index (Phi) is 5.02. The molecule has 0 spiro atoms. The molecule has 1 unspecified atom stereocenters. The van der Waals surface area contributed by atoms with Crippen LogP contribution in [0.25, 0.3) is 11.5 Å². The van der Waals surface area contributed by atoms with Crippen molar-refractivity contribution in [1.82, 2.24) is 10.2 Å². The number of aromatic nitrogens is 2. The van der Waals surface area contributed by atoms with Gasteiger partial charge in [0.25, 0.3) is 0 Å². The minimum Gasteiger partial charge on any atom is -0.504 e. The van der Waals surface area contributed by atoms with E-state index in [1.807, 2.05) is 0 Å². The van der Waals surface area contributed by atoms with E-state index < -0.39 is 28.0 Å². The highest BCUT2D eigenvalue weighted by molar-refractivity contribution is 5.67. The largest absolute Gasteiger partial charge is 0.504 e. The van der Waals surface area contributed by atoms with Crippen LogP contribution in [0, 0.1) is 27.4 Å². The average Bonchev–Trinajstić information content (AvgIpc) is 3.12. The molecule has 1 saturated carbocycles. The summed E-state index contributed by atoms with van der Waals surface area (Å²) in [5.41, 5.74) is -0.570. The minimum absolute atomic E-state index is 0.0534. The molecule has 1 aliphatic rings. The predicted octanol–water partition coefficient (Wildman–Crippen LogP) is 3.63. The van der Waals surface area contributed by atoms with E-state index >= 15 is 0 Å². The van der Waals surface area contributed by atoms with Crippen LogP contribution < -0.4 is 0 Å². The molecular weight excluding hydrogens is 340 g/mol. The number of nitro groups is 1. The van der Waals surface area contributed by atoms with Crippen molar-refractivity contribution in [2.75, 3.05) is 0 Å². The molecule has 1 atom stereocenters. The summed E-state index contributed by atoms with van der Waals surface area (Å²) in [6, 6.07) is 4.32. The fraction of sp³-hybridized carbons (Fsp3) is 0.471.